The van der Waals surface area contributed by atoms with Gasteiger partial charge in [-0.15, -0.1) is 0 Å². The van der Waals surface area contributed by atoms with Crippen LogP contribution in [0.25, 0.3) is 32.7 Å². The van der Waals surface area contributed by atoms with Crippen LogP contribution in [0, 0.1) is 0 Å². The van der Waals surface area contributed by atoms with Crippen LogP contribution in [0.15, 0.2) is 83.4 Å². The van der Waals surface area contributed by atoms with E-state index < -0.39 is 135 Å². The summed E-state index contributed by atoms with van der Waals surface area (Å²) < 4.78 is 51.3. The molecule has 0 spiro atoms. The van der Waals surface area contributed by atoms with Gasteiger partial charge in [-0.3, -0.25) is 56.6 Å². The number of phosphoric acid groups is 1. The molecule has 29 heteroatoms. The second-order valence-electron chi connectivity index (χ2n) is 15.8. The Morgan fingerprint density at radius 3 is 1.00 bits per heavy atom. The number of hydrogen-bond acceptors (Lipinski definition) is 19. The minimum Gasteiger partial charge on any atom is -0.387 e. The molecule has 0 amide bonds. The first-order valence-electron chi connectivity index (χ1n) is 20.2. The fourth-order valence-corrected chi connectivity index (χ4v) is 10.0. The number of benzene rings is 3. The molecule has 9 N–H and O–H groups in total. The zero-order valence-corrected chi connectivity index (χ0v) is 37.3. The summed E-state index contributed by atoms with van der Waals surface area (Å²) in [7, 11) is -5.19. The van der Waals surface area contributed by atoms with Gasteiger partial charge in [0.2, 0.25) is 0 Å². The normalized spacial score (nSPS) is 28.7. The van der Waals surface area contributed by atoms with Crippen LogP contribution in [-0.2, 0) is 32.3 Å². The fraction of sp³-hybridized carbons (Fsp3) is 0.385. The number of halogens is 3. The third-order valence-corrected chi connectivity index (χ3v) is 13.8. The van der Waals surface area contributed by atoms with E-state index in [2.05, 4.69) is 15.0 Å². The van der Waals surface area contributed by atoms with Gasteiger partial charge in [-0.05, 0) is 54.6 Å². The highest BCUT2D eigenvalue weighted by Gasteiger charge is 2.50. The number of aromatic nitrogens is 6. The molecule has 0 aliphatic carbocycles. The van der Waals surface area contributed by atoms with Crippen molar-refractivity contribution in [3.63, 3.8) is 0 Å². The minimum atomic E-state index is -5.19. The number of ether oxygens (including phenoxy) is 3. The quantitative estimate of drug-likeness (QED) is 0.0669. The number of rotatable bonds is 12. The Hall–Kier alpha value is -4.90. The number of aromatic amines is 3. The van der Waals surface area contributed by atoms with Gasteiger partial charge in [0.1, 0.15) is 54.9 Å². The van der Waals surface area contributed by atoms with Gasteiger partial charge >= 0.3 is 24.9 Å². The van der Waals surface area contributed by atoms with Crippen molar-refractivity contribution in [1.29, 1.82) is 0 Å². The van der Waals surface area contributed by atoms with Gasteiger partial charge < -0.3 is 44.8 Å². The van der Waals surface area contributed by atoms with Gasteiger partial charge in [0.25, 0.3) is 16.7 Å². The summed E-state index contributed by atoms with van der Waals surface area (Å²) in [6.07, 6.45) is -21.5. The maximum absolute atomic E-state index is 14.6. The van der Waals surface area contributed by atoms with Crippen LogP contribution in [0.2, 0.25) is 15.1 Å². The summed E-state index contributed by atoms with van der Waals surface area (Å²) in [6, 6.07) is 11.8. The molecular weight excluding hydrogens is 994 g/mol. The van der Waals surface area contributed by atoms with Crippen molar-refractivity contribution in [1.82, 2.24) is 28.7 Å². The Morgan fingerprint density at radius 2 is 0.735 bits per heavy atom. The summed E-state index contributed by atoms with van der Waals surface area (Å²) in [4.78, 5) is 83.3. The number of nitrogens with zero attached hydrogens (tertiary/aromatic N) is 3. The lowest BCUT2D eigenvalue weighted by atomic mass is 10.1. The van der Waals surface area contributed by atoms with Gasteiger partial charge in [0.15, 0.2) is 18.7 Å². The smallest absolute Gasteiger partial charge is 0.387 e. The SMILES string of the molecule is O=c1[nH]c(=O)n([C@@H]2O[C@H](COP(=O)(OC[C@H]3O[C@@H](n4c(=O)[nH]c(=O)c5ccc(Cl)cc54)[C@H](O)[C@@H]3O)OC[C@H]3O[C@@H](n4c(=O)[nH]c(=O)c5ccc(Cl)cc54)[C@H](O)[C@@H]3O)[C@@H](O)[C@H]2O)c2cc(Cl)ccc12. The highest BCUT2D eigenvalue weighted by molar-refractivity contribution is 7.48. The largest absolute Gasteiger partial charge is 0.475 e. The Labute approximate surface area is 391 Å². The van der Waals surface area contributed by atoms with Gasteiger partial charge in [-0.1, -0.05) is 34.8 Å². The number of H-pyrrole nitrogens is 3. The summed E-state index contributed by atoms with van der Waals surface area (Å²) in [5.74, 6) is 0. The van der Waals surface area contributed by atoms with Gasteiger partial charge in [-0.25, -0.2) is 18.9 Å². The third-order valence-electron chi connectivity index (χ3n) is 11.7. The lowest BCUT2D eigenvalue weighted by Crippen LogP contribution is -2.38. The van der Waals surface area contributed by atoms with Crippen molar-refractivity contribution in [2.75, 3.05) is 19.8 Å². The number of phosphoric ester groups is 1. The second-order valence-corrected chi connectivity index (χ2v) is 18.8. The second kappa shape index (κ2) is 18.4. The molecule has 362 valence electrons. The van der Waals surface area contributed by atoms with Gasteiger partial charge in [-0.2, -0.15) is 0 Å². The van der Waals surface area contributed by atoms with Crippen LogP contribution in [0.1, 0.15) is 18.7 Å². The topological polar surface area (TPSA) is 358 Å². The molecule has 68 heavy (non-hydrogen) atoms. The molecule has 6 aromatic rings. The molecular formula is C39H36Cl3N6O19P. The van der Waals surface area contributed by atoms with Crippen molar-refractivity contribution >= 4 is 75.3 Å². The third kappa shape index (κ3) is 8.61. The molecule has 0 saturated carbocycles. The zero-order valence-electron chi connectivity index (χ0n) is 34.2. The van der Waals surface area contributed by atoms with E-state index in [1.807, 2.05) is 0 Å². The van der Waals surface area contributed by atoms with Crippen LogP contribution in [0.5, 0.6) is 0 Å². The molecule has 25 nitrogen and oxygen atoms in total. The average Bonchev–Trinajstić information content (AvgIpc) is 3.84. The zero-order chi connectivity index (χ0) is 48.7. The molecule has 9 rings (SSSR count). The van der Waals surface area contributed by atoms with E-state index in [0.717, 1.165) is 13.7 Å². The first-order valence-corrected chi connectivity index (χ1v) is 22.8. The Morgan fingerprint density at radius 1 is 0.471 bits per heavy atom. The van der Waals surface area contributed by atoms with Crippen LogP contribution in [-0.4, -0.2) is 134 Å². The Balaban J connectivity index is 0.986. The minimum absolute atomic E-state index is 0.0394. The van der Waals surface area contributed by atoms with Crippen LogP contribution >= 0.6 is 42.6 Å². The maximum Gasteiger partial charge on any atom is 0.475 e. The summed E-state index contributed by atoms with van der Waals surface area (Å²) >= 11 is 18.4. The van der Waals surface area contributed by atoms with Crippen molar-refractivity contribution in [2.24, 2.45) is 0 Å². The standard InChI is InChI=1S/C39H36Cl3N6O19P/c40-13-1-4-16-19(7-13)46(37(58)43-31(16)55)34-28(52)25(49)22(65-34)10-62-68(61,63-11-23-26(50)29(53)35(66-23)47-20-8-14(41)2-5-17(20)32(56)44-38(47)59)64-12-24-27(51)30(54)36(67-24)48-21-9-15(42)3-6-18(21)33(57)45-39(48)60/h1-9,22-30,34-36,49-54H,10-12H2,(H,43,55,58)(H,44,56,59)(H,45,57,60)/t22-,23-,24-,25-,26-,27-,28-,29-,30-,34-,35-,36-/m1/s1. The molecule has 6 heterocycles. The molecule has 3 saturated heterocycles. The van der Waals surface area contributed by atoms with Gasteiger partial charge in [0.05, 0.1) is 52.5 Å². The van der Waals surface area contributed by atoms with E-state index in [0.29, 0.717) is 0 Å². The number of hydrogen-bond donors (Lipinski definition) is 9. The highest BCUT2D eigenvalue weighted by atomic mass is 35.5. The molecule has 0 unspecified atom stereocenters. The summed E-state index contributed by atoms with van der Waals surface area (Å²) in [6.45, 7) is -2.92. The van der Waals surface area contributed by atoms with E-state index in [9.17, 15) is 64.0 Å². The molecule has 3 aromatic heterocycles. The Bertz CT molecular complexity index is 3050. The van der Waals surface area contributed by atoms with Crippen LogP contribution in [0.4, 0.5) is 0 Å². The summed E-state index contributed by atoms with van der Waals surface area (Å²) in [5, 5.41) is 66.9. The number of fused-ring (bicyclic) bond motifs is 3. The van der Waals surface area contributed by atoms with Crippen LogP contribution in [0.3, 0.4) is 0 Å². The summed E-state index contributed by atoms with van der Waals surface area (Å²) in [5.41, 5.74) is -5.84. The van der Waals surface area contributed by atoms with Crippen molar-refractivity contribution in [2.45, 2.75) is 73.6 Å². The lowest BCUT2D eigenvalue weighted by molar-refractivity contribution is -0.0734. The molecule has 12 atom stereocenters. The van der Waals surface area contributed by atoms with E-state index in [1.165, 1.54) is 54.6 Å². The predicted octanol–water partition coefficient (Wildman–Crippen LogP) is -0.928. The average molecular weight is 1030 g/mol. The number of aliphatic hydroxyl groups excluding tert-OH is 6. The molecule has 3 aromatic carbocycles. The first-order chi connectivity index (χ1) is 32.2. The number of aliphatic hydroxyl groups is 6. The highest BCUT2D eigenvalue weighted by Crippen LogP contribution is 2.52. The first kappa shape index (κ1) is 48.1. The monoisotopic (exact) mass is 1030 g/mol. The van der Waals surface area contributed by atoms with E-state index in [1.54, 1.807) is 0 Å². The van der Waals surface area contributed by atoms with Crippen molar-refractivity contribution < 1.29 is 63.0 Å². The molecule has 0 radical (unpaired) electrons. The molecule has 0 bridgehead atoms. The molecule has 3 fully saturated rings. The predicted molar refractivity (Wildman–Crippen MR) is 235 cm³/mol. The van der Waals surface area contributed by atoms with E-state index >= 15 is 0 Å². The molecule has 3 aliphatic heterocycles. The number of nitrogens with one attached hydrogen (secondary N) is 3. The van der Waals surface area contributed by atoms with Gasteiger partial charge in [0, 0.05) is 15.1 Å². The van der Waals surface area contributed by atoms with Crippen LogP contribution < -0.4 is 33.7 Å². The Kier molecular flexibility index (Phi) is 13.1. The molecule has 3 aliphatic rings. The lowest BCUT2D eigenvalue weighted by Gasteiger charge is -2.24. The fourth-order valence-electron chi connectivity index (χ4n) is 8.30. The van der Waals surface area contributed by atoms with E-state index in [-0.39, 0.29) is 47.8 Å². The van der Waals surface area contributed by atoms with Crippen molar-refractivity contribution in [3.05, 3.63) is 132 Å². The van der Waals surface area contributed by atoms with Crippen molar-refractivity contribution in [3.8, 4) is 0 Å². The van der Waals surface area contributed by atoms with E-state index in [4.69, 9.17) is 62.6 Å². The maximum atomic E-state index is 14.6.